The van der Waals surface area contributed by atoms with Gasteiger partial charge in [-0.25, -0.2) is 0 Å². The summed E-state index contributed by atoms with van der Waals surface area (Å²) in [6, 6.07) is 12.2. The van der Waals surface area contributed by atoms with E-state index >= 15 is 0 Å². The molecule has 2 fully saturated rings. The lowest BCUT2D eigenvalue weighted by molar-refractivity contribution is -0.154. The van der Waals surface area contributed by atoms with Gasteiger partial charge in [0, 0.05) is 18.0 Å². The predicted octanol–water partition coefficient (Wildman–Crippen LogP) is 3.34. The molecule has 2 amide bonds. The van der Waals surface area contributed by atoms with Gasteiger partial charge in [-0.1, -0.05) is 31.0 Å². The number of rotatable bonds is 7. The third-order valence-electron chi connectivity index (χ3n) is 7.35. The van der Waals surface area contributed by atoms with E-state index < -0.39 is 5.60 Å². The molecule has 188 valence electrons. The molecule has 1 heterocycles. The Morgan fingerprint density at radius 3 is 2.34 bits per heavy atom. The second-order valence-corrected chi connectivity index (χ2v) is 9.25. The van der Waals surface area contributed by atoms with Gasteiger partial charge in [0.1, 0.15) is 0 Å². The lowest BCUT2D eigenvalue weighted by Gasteiger charge is -2.52. The third-order valence-corrected chi connectivity index (χ3v) is 7.35. The van der Waals surface area contributed by atoms with E-state index in [1.807, 2.05) is 18.2 Å². The first-order valence-electron chi connectivity index (χ1n) is 12.1. The molecular weight excluding hydrogens is 448 g/mol. The van der Waals surface area contributed by atoms with E-state index in [4.69, 9.17) is 14.2 Å². The van der Waals surface area contributed by atoms with E-state index in [0.717, 1.165) is 24.8 Å². The minimum atomic E-state index is -0.840. The quantitative estimate of drug-likeness (QED) is 0.628. The minimum Gasteiger partial charge on any atom is -0.493 e. The molecule has 1 saturated carbocycles. The van der Waals surface area contributed by atoms with Crippen molar-refractivity contribution in [2.24, 2.45) is 5.92 Å². The summed E-state index contributed by atoms with van der Waals surface area (Å²) in [6.45, 7) is 0.272. The fourth-order valence-electron chi connectivity index (χ4n) is 5.60. The van der Waals surface area contributed by atoms with Crippen LogP contribution in [0.2, 0.25) is 0 Å². The van der Waals surface area contributed by atoms with Gasteiger partial charge in [0.05, 0.1) is 39.5 Å². The van der Waals surface area contributed by atoms with Crippen LogP contribution in [-0.4, -0.2) is 61.8 Å². The second kappa shape index (κ2) is 10.6. The highest BCUT2D eigenvalue weighted by Crippen LogP contribution is 2.51. The molecule has 0 bridgehead atoms. The maximum Gasteiger partial charge on any atom is 0.251 e. The van der Waals surface area contributed by atoms with E-state index in [-0.39, 0.29) is 30.3 Å². The van der Waals surface area contributed by atoms with Crippen molar-refractivity contribution in [1.82, 2.24) is 10.2 Å². The summed E-state index contributed by atoms with van der Waals surface area (Å²) in [6.07, 6.45) is 3.98. The average molecular weight is 483 g/mol. The number of aliphatic hydroxyl groups is 1. The highest BCUT2D eigenvalue weighted by molar-refractivity contribution is 5.96. The highest BCUT2D eigenvalue weighted by atomic mass is 16.5. The molecule has 2 aliphatic rings. The van der Waals surface area contributed by atoms with Crippen molar-refractivity contribution in [3.8, 4) is 17.2 Å². The number of fused-ring (bicyclic) bond motifs is 1. The van der Waals surface area contributed by atoms with Crippen molar-refractivity contribution >= 4 is 11.8 Å². The molecule has 8 nitrogen and oxygen atoms in total. The zero-order valence-corrected chi connectivity index (χ0v) is 20.6. The maximum absolute atomic E-state index is 13.5. The van der Waals surface area contributed by atoms with Crippen molar-refractivity contribution in [3.05, 3.63) is 53.6 Å². The zero-order chi connectivity index (χ0) is 25.0. The second-order valence-electron chi connectivity index (χ2n) is 9.25. The van der Waals surface area contributed by atoms with Gasteiger partial charge >= 0.3 is 0 Å². The van der Waals surface area contributed by atoms with Gasteiger partial charge in [0.25, 0.3) is 5.91 Å². The molecule has 2 aromatic carbocycles. The number of ether oxygens (including phenoxy) is 3. The Labute approximate surface area is 206 Å². The standard InChI is InChI=1S/C27H34N2O6/c1-33-21-15-19(16-22(34-2)25(21)35-3)24-20-11-7-8-12-27(20,32)13-14-29(24)23(30)17-28-26(31)18-9-5-4-6-10-18/h4-6,9-10,15-16,20,24,32H,7-8,11-14,17H2,1-3H3,(H,28,31). The van der Waals surface area contributed by atoms with Gasteiger partial charge in [-0.2, -0.15) is 0 Å². The molecule has 0 radical (unpaired) electrons. The molecule has 35 heavy (non-hydrogen) atoms. The highest BCUT2D eigenvalue weighted by Gasteiger charge is 2.50. The summed E-state index contributed by atoms with van der Waals surface area (Å²) >= 11 is 0. The lowest BCUT2D eigenvalue weighted by atomic mass is 9.66. The summed E-state index contributed by atoms with van der Waals surface area (Å²) in [5, 5.41) is 14.3. The molecular formula is C27H34N2O6. The van der Waals surface area contributed by atoms with Gasteiger partial charge in [-0.15, -0.1) is 0 Å². The Kier molecular flexibility index (Phi) is 7.50. The molecule has 1 aliphatic heterocycles. The number of amides is 2. The number of piperidine rings is 1. The summed E-state index contributed by atoms with van der Waals surface area (Å²) < 4.78 is 16.6. The molecule has 1 aliphatic carbocycles. The van der Waals surface area contributed by atoms with Crippen LogP contribution in [0.4, 0.5) is 0 Å². The number of benzene rings is 2. The van der Waals surface area contributed by atoms with Gasteiger partial charge in [-0.3, -0.25) is 9.59 Å². The molecule has 1 saturated heterocycles. The number of hydrogen-bond acceptors (Lipinski definition) is 6. The van der Waals surface area contributed by atoms with Crippen molar-refractivity contribution in [2.45, 2.75) is 43.7 Å². The molecule has 0 aromatic heterocycles. The van der Waals surface area contributed by atoms with Crippen LogP contribution in [0.5, 0.6) is 17.2 Å². The number of carbonyl (C=O) groups is 2. The lowest BCUT2D eigenvalue weighted by Crippen LogP contribution is -2.57. The summed E-state index contributed by atoms with van der Waals surface area (Å²) in [4.78, 5) is 27.8. The van der Waals surface area contributed by atoms with E-state index in [1.165, 1.54) is 0 Å². The summed E-state index contributed by atoms with van der Waals surface area (Å²) in [7, 11) is 4.66. The number of nitrogens with zero attached hydrogens (tertiary/aromatic N) is 1. The molecule has 2 aromatic rings. The summed E-state index contributed by atoms with van der Waals surface area (Å²) in [5.74, 6) is 0.839. The van der Waals surface area contributed by atoms with Crippen LogP contribution in [0, 0.1) is 5.92 Å². The van der Waals surface area contributed by atoms with E-state index in [2.05, 4.69) is 5.32 Å². The van der Waals surface area contributed by atoms with Crippen molar-refractivity contribution in [3.63, 3.8) is 0 Å². The fourth-order valence-corrected chi connectivity index (χ4v) is 5.60. The first-order valence-corrected chi connectivity index (χ1v) is 12.1. The number of carbonyl (C=O) groups excluding carboxylic acids is 2. The number of hydrogen-bond donors (Lipinski definition) is 2. The van der Waals surface area contributed by atoms with Crippen LogP contribution in [0.25, 0.3) is 0 Å². The molecule has 3 atom stereocenters. The van der Waals surface area contributed by atoms with Crippen LogP contribution >= 0.6 is 0 Å². The first-order chi connectivity index (χ1) is 16.9. The monoisotopic (exact) mass is 482 g/mol. The Hall–Kier alpha value is -3.26. The van der Waals surface area contributed by atoms with Crippen LogP contribution in [-0.2, 0) is 4.79 Å². The van der Waals surface area contributed by atoms with Crippen LogP contribution in [0.15, 0.2) is 42.5 Å². The Bertz CT molecular complexity index is 1030. The molecule has 0 spiro atoms. The molecule has 3 unspecified atom stereocenters. The Morgan fingerprint density at radius 1 is 1.03 bits per heavy atom. The Morgan fingerprint density at radius 2 is 1.71 bits per heavy atom. The van der Waals surface area contributed by atoms with E-state index in [0.29, 0.717) is 42.2 Å². The predicted molar refractivity (Wildman–Crippen MR) is 131 cm³/mol. The van der Waals surface area contributed by atoms with Gasteiger partial charge in [0.2, 0.25) is 11.7 Å². The van der Waals surface area contributed by atoms with Crippen LogP contribution < -0.4 is 19.5 Å². The smallest absolute Gasteiger partial charge is 0.251 e. The van der Waals surface area contributed by atoms with Crippen molar-refractivity contribution in [1.29, 1.82) is 0 Å². The van der Waals surface area contributed by atoms with E-state index in [1.54, 1.807) is 50.5 Å². The van der Waals surface area contributed by atoms with E-state index in [9.17, 15) is 14.7 Å². The van der Waals surface area contributed by atoms with Gasteiger partial charge < -0.3 is 29.5 Å². The maximum atomic E-state index is 13.5. The van der Waals surface area contributed by atoms with Crippen LogP contribution in [0.1, 0.15) is 54.1 Å². The van der Waals surface area contributed by atoms with Crippen LogP contribution in [0.3, 0.4) is 0 Å². The number of methoxy groups -OCH3 is 3. The van der Waals surface area contributed by atoms with Gasteiger partial charge in [0.15, 0.2) is 11.5 Å². The topological polar surface area (TPSA) is 97.3 Å². The summed E-state index contributed by atoms with van der Waals surface area (Å²) in [5.41, 5.74) is 0.474. The number of likely N-dealkylation sites (tertiary alicyclic amines) is 1. The van der Waals surface area contributed by atoms with Crippen molar-refractivity contribution < 1.29 is 28.9 Å². The zero-order valence-electron chi connectivity index (χ0n) is 20.6. The average Bonchev–Trinajstić information content (AvgIpc) is 2.90. The molecule has 2 N–H and O–H groups in total. The molecule has 4 rings (SSSR count). The van der Waals surface area contributed by atoms with Crippen molar-refractivity contribution in [2.75, 3.05) is 34.4 Å². The third kappa shape index (κ3) is 4.93. The SMILES string of the molecule is COc1cc(C2C3CCCCC3(O)CCN2C(=O)CNC(=O)c2ccccc2)cc(OC)c1OC. The normalized spacial score (nSPS) is 23.7. The number of nitrogens with one attached hydrogen (secondary N) is 1. The first kappa shape index (κ1) is 24.9. The largest absolute Gasteiger partial charge is 0.493 e. The Balaban J connectivity index is 1.66. The fraction of sp³-hybridized carbons (Fsp3) is 0.481. The minimum absolute atomic E-state index is 0.125. The molecule has 8 heteroatoms. The van der Waals surface area contributed by atoms with Gasteiger partial charge in [-0.05, 0) is 49.1 Å².